The van der Waals surface area contributed by atoms with Crippen molar-refractivity contribution in [1.29, 1.82) is 0 Å². The second-order valence-electron chi connectivity index (χ2n) is 4.82. The molecule has 20 heavy (non-hydrogen) atoms. The van der Waals surface area contributed by atoms with Crippen molar-refractivity contribution in [2.75, 3.05) is 0 Å². The topological polar surface area (TPSA) is 74.6 Å². The highest BCUT2D eigenvalue weighted by atomic mass is 16.3. The molecule has 0 spiro atoms. The van der Waals surface area contributed by atoms with Crippen molar-refractivity contribution in [2.45, 2.75) is 6.42 Å². The first-order valence-corrected chi connectivity index (χ1v) is 6.27. The zero-order valence-electron chi connectivity index (χ0n) is 10.5. The highest BCUT2D eigenvalue weighted by Crippen LogP contribution is 2.39. The first-order valence-electron chi connectivity index (χ1n) is 6.27. The maximum Gasteiger partial charge on any atom is 0.178 e. The number of benzene rings is 2. The average Bonchev–Trinajstić information content (AvgIpc) is 2.81. The van der Waals surface area contributed by atoms with Crippen LogP contribution in [0.1, 0.15) is 26.3 Å². The molecule has 0 bridgehead atoms. The zero-order chi connectivity index (χ0) is 14.3. The van der Waals surface area contributed by atoms with Gasteiger partial charge in [-0.15, -0.1) is 0 Å². The molecule has 0 heterocycles. The fraction of sp³-hybridized carbons (Fsp3) is 0.125. The van der Waals surface area contributed by atoms with Crippen LogP contribution in [0.15, 0.2) is 42.5 Å². The Morgan fingerprint density at radius 2 is 1.75 bits per heavy atom. The number of carbonyl (C=O) groups excluding carboxylic acids is 2. The van der Waals surface area contributed by atoms with Gasteiger partial charge < -0.3 is 10.2 Å². The van der Waals surface area contributed by atoms with Crippen molar-refractivity contribution in [2.24, 2.45) is 5.92 Å². The van der Waals surface area contributed by atoms with E-state index in [-0.39, 0.29) is 23.5 Å². The Kier molecular flexibility index (Phi) is 2.79. The Balaban J connectivity index is 1.99. The normalized spacial score (nSPS) is 17.0. The van der Waals surface area contributed by atoms with Crippen molar-refractivity contribution in [1.82, 2.24) is 0 Å². The van der Waals surface area contributed by atoms with Gasteiger partial charge in [0.1, 0.15) is 0 Å². The van der Waals surface area contributed by atoms with Crippen LogP contribution >= 0.6 is 0 Å². The minimum atomic E-state index is -0.819. The Labute approximate surface area is 115 Å². The summed E-state index contributed by atoms with van der Waals surface area (Å²) in [6.45, 7) is 0. The second-order valence-corrected chi connectivity index (χ2v) is 4.82. The van der Waals surface area contributed by atoms with Gasteiger partial charge in [0.2, 0.25) is 0 Å². The van der Waals surface area contributed by atoms with Gasteiger partial charge in [0.05, 0.1) is 11.5 Å². The number of hydrogen-bond donors (Lipinski definition) is 2. The van der Waals surface area contributed by atoms with Gasteiger partial charge in [-0.25, -0.2) is 0 Å². The standard InChI is InChI=1S/C16H12O4/c17-12-7-6-10-8-11(15(19)13(10)16(12)20)14(18)9-4-2-1-3-5-9/h1-7,11,17,20H,8H2. The van der Waals surface area contributed by atoms with E-state index >= 15 is 0 Å². The predicted octanol–water partition coefficient (Wildman–Crippen LogP) is 2.34. The fourth-order valence-electron chi connectivity index (χ4n) is 2.57. The molecule has 0 amide bonds. The van der Waals surface area contributed by atoms with Gasteiger partial charge in [0.25, 0.3) is 0 Å². The van der Waals surface area contributed by atoms with Gasteiger partial charge in [-0.05, 0) is 18.1 Å². The molecular weight excluding hydrogens is 256 g/mol. The van der Waals surface area contributed by atoms with Crippen LogP contribution in [-0.4, -0.2) is 21.8 Å². The first-order chi connectivity index (χ1) is 9.59. The van der Waals surface area contributed by atoms with Crippen molar-refractivity contribution in [3.63, 3.8) is 0 Å². The first kappa shape index (κ1) is 12.4. The number of ketones is 2. The van der Waals surface area contributed by atoms with E-state index < -0.39 is 17.5 Å². The summed E-state index contributed by atoms with van der Waals surface area (Å²) in [6.07, 6.45) is 0.260. The van der Waals surface area contributed by atoms with Crippen molar-refractivity contribution in [3.05, 3.63) is 59.2 Å². The van der Waals surface area contributed by atoms with Gasteiger partial charge in [-0.1, -0.05) is 36.4 Å². The molecule has 4 heteroatoms. The molecule has 0 saturated heterocycles. The number of fused-ring (bicyclic) bond motifs is 1. The molecule has 0 saturated carbocycles. The highest BCUT2D eigenvalue weighted by molar-refractivity contribution is 6.19. The van der Waals surface area contributed by atoms with Gasteiger partial charge in [-0.2, -0.15) is 0 Å². The predicted molar refractivity (Wildman–Crippen MR) is 72.1 cm³/mol. The maximum absolute atomic E-state index is 12.4. The summed E-state index contributed by atoms with van der Waals surface area (Å²) in [5.41, 5.74) is 1.14. The van der Waals surface area contributed by atoms with Gasteiger partial charge >= 0.3 is 0 Å². The number of phenols is 2. The molecule has 2 aromatic rings. The SMILES string of the molecule is O=C(c1ccccc1)C1Cc2ccc(O)c(O)c2C1=O. The van der Waals surface area contributed by atoms with E-state index in [4.69, 9.17) is 0 Å². The molecule has 0 aliphatic heterocycles. The summed E-state index contributed by atoms with van der Waals surface area (Å²) in [7, 11) is 0. The monoisotopic (exact) mass is 268 g/mol. The Morgan fingerprint density at radius 3 is 2.45 bits per heavy atom. The molecule has 0 radical (unpaired) electrons. The molecule has 1 unspecified atom stereocenters. The molecule has 1 aliphatic carbocycles. The summed E-state index contributed by atoms with van der Waals surface area (Å²) >= 11 is 0. The quantitative estimate of drug-likeness (QED) is 0.498. The van der Waals surface area contributed by atoms with Gasteiger partial charge in [0.15, 0.2) is 23.1 Å². The van der Waals surface area contributed by atoms with Gasteiger partial charge in [0, 0.05) is 5.56 Å². The molecule has 3 rings (SSSR count). The molecule has 4 nitrogen and oxygen atoms in total. The minimum Gasteiger partial charge on any atom is -0.504 e. The summed E-state index contributed by atoms with van der Waals surface area (Å²) in [5, 5.41) is 19.2. The molecule has 2 aromatic carbocycles. The molecule has 1 atom stereocenters. The van der Waals surface area contributed by atoms with Crippen LogP contribution in [0.3, 0.4) is 0 Å². The molecule has 0 fully saturated rings. The number of rotatable bonds is 2. The number of phenolic OH excluding ortho intramolecular Hbond substituents is 2. The number of carbonyl (C=O) groups is 2. The van der Waals surface area contributed by atoms with Crippen LogP contribution in [0.4, 0.5) is 0 Å². The molecule has 100 valence electrons. The molecule has 0 aromatic heterocycles. The summed E-state index contributed by atoms with van der Waals surface area (Å²) in [5.74, 6) is -2.28. The Bertz CT molecular complexity index is 704. The van der Waals surface area contributed by atoms with E-state index in [1.807, 2.05) is 0 Å². The summed E-state index contributed by atoms with van der Waals surface area (Å²) in [4.78, 5) is 24.6. The third kappa shape index (κ3) is 1.77. The lowest BCUT2D eigenvalue weighted by atomic mass is 9.94. The number of Topliss-reactive ketones (excluding diaryl/α,β-unsaturated/α-hetero) is 2. The van der Waals surface area contributed by atoms with E-state index in [1.54, 1.807) is 36.4 Å². The van der Waals surface area contributed by atoms with Crippen LogP contribution < -0.4 is 0 Å². The highest BCUT2D eigenvalue weighted by Gasteiger charge is 2.38. The van der Waals surface area contributed by atoms with Crippen LogP contribution in [0.2, 0.25) is 0 Å². The van der Waals surface area contributed by atoms with E-state index in [9.17, 15) is 19.8 Å². The Morgan fingerprint density at radius 1 is 1.05 bits per heavy atom. The van der Waals surface area contributed by atoms with Crippen LogP contribution in [0.25, 0.3) is 0 Å². The van der Waals surface area contributed by atoms with Gasteiger partial charge in [-0.3, -0.25) is 9.59 Å². The van der Waals surface area contributed by atoms with Crippen LogP contribution in [-0.2, 0) is 6.42 Å². The Hall–Kier alpha value is -2.62. The van der Waals surface area contributed by atoms with E-state index in [2.05, 4.69) is 0 Å². The number of aromatic hydroxyl groups is 2. The van der Waals surface area contributed by atoms with Crippen molar-refractivity contribution >= 4 is 11.6 Å². The third-order valence-electron chi connectivity index (χ3n) is 3.60. The summed E-state index contributed by atoms with van der Waals surface area (Å²) in [6, 6.07) is 11.5. The maximum atomic E-state index is 12.4. The van der Waals surface area contributed by atoms with E-state index in [0.717, 1.165) is 0 Å². The second kappa shape index (κ2) is 4.49. The molecule has 2 N–H and O–H groups in total. The third-order valence-corrected chi connectivity index (χ3v) is 3.60. The number of hydrogen-bond acceptors (Lipinski definition) is 4. The average molecular weight is 268 g/mol. The smallest absolute Gasteiger partial charge is 0.178 e. The van der Waals surface area contributed by atoms with Crippen molar-refractivity contribution in [3.8, 4) is 11.5 Å². The van der Waals surface area contributed by atoms with Crippen LogP contribution in [0, 0.1) is 5.92 Å². The lowest BCUT2D eigenvalue weighted by molar-refractivity contribution is 0.0821. The van der Waals surface area contributed by atoms with E-state index in [1.165, 1.54) is 6.07 Å². The fourth-order valence-corrected chi connectivity index (χ4v) is 2.57. The lowest BCUT2D eigenvalue weighted by Crippen LogP contribution is -2.20. The molecular formula is C16H12O4. The molecule has 1 aliphatic rings. The van der Waals surface area contributed by atoms with Crippen molar-refractivity contribution < 1.29 is 19.8 Å². The summed E-state index contributed by atoms with van der Waals surface area (Å²) < 4.78 is 0. The van der Waals surface area contributed by atoms with Crippen LogP contribution in [0.5, 0.6) is 11.5 Å². The van der Waals surface area contributed by atoms with E-state index in [0.29, 0.717) is 11.1 Å². The zero-order valence-corrected chi connectivity index (χ0v) is 10.5. The lowest BCUT2D eigenvalue weighted by Gasteiger charge is -2.06. The minimum absolute atomic E-state index is 0.0688. The largest absolute Gasteiger partial charge is 0.504 e.